The number of imidazole rings is 1. The summed E-state index contributed by atoms with van der Waals surface area (Å²) >= 11 is 0. The fourth-order valence-corrected chi connectivity index (χ4v) is 2.91. The smallest absolute Gasteiger partial charge is 0.279 e. The van der Waals surface area contributed by atoms with Crippen LogP contribution in [0, 0.1) is 13.8 Å². The van der Waals surface area contributed by atoms with Crippen molar-refractivity contribution in [1.82, 2.24) is 9.97 Å². The molecule has 0 bridgehead atoms. The van der Waals surface area contributed by atoms with Crippen molar-refractivity contribution in [3.05, 3.63) is 35.3 Å². The molecule has 0 spiro atoms. The van der Waals surface area contributed by atoms with E-state index in [-0.39, 0.29) is 5.03 Å². The Bertz CT molecular complexity index is 735. The number of anilines is 2. The number of nitrogens with one attached hydrogen (secondary N) is 2. The van der Waals surface area contributed by atoms with Gasteiger partial charge in [-0.25, -0.2) is 4.98 Å². The average Bonchev–Trinajstić information content (AvgIpc) is 2.89. The molecule has 7 heteroatoms. The van der Waals surface area contributed by atoms with Crippen molar-refractivity contribution in [3.8, 4) is 0 Å². The largest absolute Gasteiger partial charge is 0.397 e. The van der Waals surface area contributed by atoms with Gasteiger partial charge < -0.3 is 10.7 Å². The number of benzene rings is 1. The number of hydrogen-bond acceptors (Lipinski definition) is 4. The van der Waals surface area contributed by atoms with E-state index >= 15 is 0 Å². The van der Waals surface area contributed by atoms with Crippen LogP contribution in [0.2, 0.25) is 0 Å². The summed E-state index contributed by atoms with van der Waals surface area (Å²) in [6, 6.07) is 3.54. The monoisotopic (exact) mass is 294 g/mol. The molecular formula is C13H18N4O2S. The Morgan fingerprint density at radius 2 is 2.05 bits per heavy atom. The number of aryl methyl sites for hydroxylation is 2. The van der Waals surface area contributed by atoms with E-state index in [9.17, 15) is 8.42 Å². The van der Waals surface area contributed by atoms with Gasteiger partial charge in [-0.15, -0.1) is 0 Å². The molecule has 6 nitrogen and oxygen atoms in total. The van der Waals surface area contributed by atoms with Crippen LogP contribution in [0.1, 0.15) is 23.9 Å². The Morgan fingerprint density at radius 3 is 2.65 bits per heavy atom. The third-order valence-electron chi connectivity index (χ3n) is 3.23. The zero-order chi connectivity index (χ0) is 14.9. The number of rotatable bonds is 4. The molecule has 0 saturated heterocycles. The van der Waals surface area contributed by atoms with E-state index in [1.165, 1.54) is 6.20 Å². The standard InChI is InChI=1S/C13H18N4O2S/c1-4-11-15-7-12(16-11)20(18,19)17-13-9(3)8(2)5-6-10(13)14/h5-7,17H,4,14H2,1-3H3,(H,15,16). The number of H-pyrrole nitrogens is 1. The van der Waals surface area contributed by atoms with Crippen molar-refractivity contribution in [2.45, 2.75) is 32.2 Å². The third-order valence-corrected chi connectivity index (χ3v) is 4.49. The maximum absolute atomic E-state index is 12.3. The van der Waals surface area contributed by atoms with E-state index in [4.69, 9.17) is 5.73 Å². The molecule has 0 aliphatic heterocycles. The molecule has 0 unspecified atom stereocenters. The first kappa shape index (κ1) is 14.4. The minimum Gasteiger partial charge on any atom is -0.397 e. The van der Waals surface area contributed by atoms with Gasteiger partial charge in [0.15, 0.2) is 5.03 Å². The van der Waals surface area contributed by atoms with E-state index in [1.807, 2.05) is 26.8 Å². The van der Waals surface area contributed by atoms with Crippen molar-refractivity contribution < 1.29 is 8.42 Å². The first-order valence-corrected chi connectivity index (χ1v) is 7.76. The van der Waals surface area contributed by atoms with Crippen molar-refractivity contribution in [3.63, 3.8) is 0 Å². The lowest BCUT2D eigenvalue weighted by atomic mass is 10.1. The second kappa shape index (κ2) is 5.16. The second-order valence-corrected chi connectivity index (χ2v) is 6.28. The third kappa shape index (κ3) is 2.62. The van der Waals surface area contributed by atoms with Crippen molar-refractivity contribution in [2.24, 2.45) is 0 Å². The topological polar surface area (TPSA) is 101 Å². The normalized spacial score (nSPS) is 11.6. The van der Waals surface area contributed by atoms with Crippen molar-refractivity contribution in [1.29, 1.82) is 0 Å². The highest BCUT2D eigenvalue weighted by Gasteiger charge is 2.19. The Hall–Kier alpha value is -2.02. The summed E-state index contributed by atoms with van der Waals surface area (Å²) in [5, 5.41) is 0.0367. The maximum atomic E-state index is 12.3. The van der Waals surface area contributed by atoms with Crippen molar-refractivity contribution >= 4 is 21.4 Å². The van der Waals surface area contributed by atoms with Gasteiger partial charge in [-0.1, -0.05) is 13.0 Å². The van der Waals surface area contributed by atoms with E-state index in [0.29, 0.717) is 23.6 Å². The average molecular weight is 294 g/mol. The zero-order valence-corrected chi connectivity index (χ0v) is 12.5. The van der Waals surface area contributed by atoms with Crippen LogP contribution >= 0.6 is 0 Å². The van der Waals surface area contributed by atoms with Crippen LogP contribution in [0.5, 0.6) is 0 Å². The number of aromatic nitrogens is 2. The maximum Gasteiger partial charge on any atom is 0.279 e. The lowest BCUT2D eigenvalue weighted by molar-refractivity contribution is 0.598. The predicted molar refractivity (Wildman–Crippen MR) is 79.1 cm³/mol. The van der Waals surface area contributed by atoms with Gasteiger partial charge in [-0.05, 0) is 31.0 Å². The zero-order valence-electron chi connectivity index (χ0n) is 11.7. The van der Waals surface area contributed by atoms with Crippen LogP contribution in [-0.2, 0) is 16.4 Å². The Balaban J connectivity index is 2.41. The predicted octanol–water partition coefficient (Wildman–Crippen LogP) is 1.97. The Kier molecular flexibility index (Phi) is 3.71. The minimum atomic E-state index is -3.71. The molecule has 0 amide bonds. The van der Waals surface area contributed by atoms with Gasteiger partial charge in [0.05, 0.1) is 17.6 Å². The molecule has 108 valence electrons. The highest BCUT2D eigenvalue weighted by Crippen LogP contribution is 2.28. The summed E-state index contributed by atoms with van der Waals surface area (Å²) in [5.41, 5.74) is 8.44. The van der Waals surface area contributed by atoms with Crippen LogP contribution in [0.25, 0.3) is 0 Å². The van der Waals surface area contributed by atoms with Gasteiger partial charge in [-0.3, -0.25) is 4.72 Å². The molecule has 0 radical (unpaired) electrons. The van der Waals surface area contributed by atoms with Crippen LogP contribution < -0.4 is 10.5 Å². The van der Waals surface area contributed by atoms with Gasteiger partial charge >= 0.3 is 0 Å². The van der Waals surface area contributed by atoms with Crippen LogP contribution in [0.3, 0.4) is 0 Å². The van der Waals surface area contributed by atoms with E-state index in [1.54, 1.807) is 6.07 Å². The molecule has 2 aromatic rings. The molecule has 1 aromatic heterocycles. The van der Waals surface area contributed by atoms with Crippen LogP contribution in [0.15, 0.2) is 23.4 Å². The number of nitrogen functional groups attached to an aromatic ring is 1. The van der Waals surface area contributed by atoms with E-state index < -0.39 is 10.0 Å². The second-order valence-electron chi connectivity index (χ2n) is 4.62. The molecule has 4 N–H and O–H groups in total. The summed E-state index contributed by atoms with van der Waals surface area (Å²) in [5.74, 6) is 0.624. The molecule has 1 heterocycles. The van der Waals surface area contributed by atoms with Gasteiger partial charge in [-0.2, -0.15) is 8.42 Å². The summed E-state index contributed by atoms with van der Waals surface area (Å²) in [6.45, 7) is 5.62. The number of hydrogen-bond donors (Lipinski definition) is 3. The minimum absolute atomic E-state index is 0.0367. The number of nitrogens with zero attached hydrogens (tertiary/aromatic N) is 1. The van der Waals surface area contributed by atoms with Gasteiger partial charge in [0.1, 0.15) is 5.82 Å². The lowest BCUT2D eigenvalue weighted by Crippen LogP contribution is -2.16. The molecule has 20 heavy (non-hydrogen) atoms. The molecule has 0 aliphatic carbocycles. The number of aromatic amines is 1. The van der Waals surface area contributed by atoms with E-state index in [0.717, 1.165) is 11.1 Å². The first-order chi connectivity index (χ1) is 9.35. The number of sulfonamides is 1. The molecule has 2 rings (SSSR count). The Morgan fingerprint density at radius 1 is 1.35 bits per heavy atom. The van der Waals surface area contributed by atoms with Gasteiger partial charge in [0.25, 0.3) is 10.0 Å². The summed E-state index contributed by atoms with van der Waals surface area (Å²) in [6.07, 6.45) is 1.95. The molecule has 0 aliphatic rings. The summed E-state index contributed by atoms with van der Waals surface area (Å²) < 4.78 is 27.1. The molecule has 0 atom stereocenters. The molecular weight excluding hydrogens is 276 g/mol. The fraction of sp³-hybridized carbons (Fsp3) is 0.308. The van der Waals surface area contributed by atoms with Crippen LogP contribution in [-0.4, -0.2) is 18.4 Å². The first-order valence-electron chi connectivity index (χ1n) is 6.27. The Labute approximate surface area is 118 Å². The van der Waals surface area contributed by atoms with Crippen LogP contribution in [0.4, 0.5) is 11.4 Å². The van der Waals surface area contributed by atoms with Crippen molar-refractivity contribution in [2.75, 3.05) is 10.5 Å². The summed E-state index contributed by atoms with van der Waals surface area (Å²) in [7, 11) is -3.71. The lowest BCUT2D eigenvalue weighted by Gasteiger charge is -2.13. The molecule has 1 aromatic carbocycles. The highest BCUT2D eigenvalue weighted by molar-refractivity contribution is 7.92. The number of nitrogens with two attached hydrogens (primary N) is 1. The SMILES string of the molecule is CCc1ncc(S(=O)(=O)Nc2c(N)ccc(C)c2C)[nH]1. The molecule has 0 saturated carbocycles. The fourth-order valence-electron chi connectivity index (χ4n) is 1.82. The molecule has 0 fully saturated rings. The highest BCUT2D eigenvalue weighted by atomic mass is 32.2. The van der Waals surface area contributed by atoms with Gasteiger partial charge in [0.2, 0.25) is 0 Å². The van der Waals surface area contributed by atoms with Gasteiger partial charge in [0, 0.05) is 6.42 Å². The quantitative estimate of drug-likeness (QED) is 0.750. The van der Waals surface area contributed by atoms with E-state index in [2.05, 4.69) is 14.7 Å². The summed E-state index contributed by atoms with van der Waals surface area (Å²) in [4.78, 5) is 6.77.